The van der Waals surface area contributed by atoms with E-state index in [9.17, 15) is 9.59 Å². The maximum absolute atomic E-state index is 12.9. The normalized spacial score (nSPS) is 14.0. The Morgan fingerprint density at radius 2 is 2.12 bits per heavy atom. The molecule has 0 saturated heterocycles. The molecular formula is C19H18ClN3O2S. The van der Waals surface area contributed by atoms with Crippen LogP contribution in [-0.4, -0.2) is 15.5 Å². The fourth-order valence-corrected chi connectivity index (χ4v) is 4.80. The Morgan fingerprint density at radius 1 is 1.27 bits per heavy atom. The van der Waals surface area contributed by atoms with Gasteiger partial charge in [0.05, 0.1) is 11.7 Å². The molecule has 1 aliphatic carbocycles. The summed E-state index contributed by atoms with van der Waals surface area (Å²) >= 11 is 7.55. The Hall–Kier alpha value is -2.18. The number of rotatable bonds is 3. The summed E-state index contributed by atoms with van der Waals surface area (Å²) in [6, 6.07) is 6.93. The lowest BCUT2D eigenvalue weighted by Crippen LogP contribution is -2.28. The van der Waals surface area contributed by atoms with E-state index in [1.54, 1.807) is 35.6 Å². The minimum absolute atomic E-state index is 0.0705. The standard InChI is InChI=1S/C19H18ClN3O2S/c20-12-5-4-6-13(9-12)22-16(24)10-23-11-21-18-17(19(23)25)14-7-2-1-3-8-15(14)26-18/h4-6,9,11H,1-3,7-8,10H2,(H,22,24). The number of nitrogens with one attached hydrogen (secondary N) is 1. The fraction of sp³-hybridized carbons (Fsp3) is 0.316. The van der Waals surface area contributed by atoms with Crippen molar-refractivity contribution in [3.8, 4) is 0 Å². The minimum Gasteiger partial charge on any atom is -0.324 e. The molecule has 7 heteroatoms. The first-order valence-corrected chi connectivity index (χ1v) is 9.86. The molecule has 0 atom stereocenters. The Balaban J connectivity index is 1.62. The highest BCUT2D eigenvalue weighted by atomic mass is 35.5. The number of thiophene rings is 1. The molecule has 26 heavy (non-hydrogen) atoms. The van der Waals surface area contributed by atoms with Crippen LogP contribution >= 0.6 is 22.9 Å². The third kappa shape index (κ3) is 3.39. The van der Waals surface area contributed by atoms with E-state index in [1.807, 2.05) is 0 Å². The summed E-state index contributed by atoms with van der Waals surface area (Å²) < 4.78 is 1.39. The third-order valence-corrected chi connectivity index (χ3v) is 6.05. The summed E-state index contributed by atoms with van der Waals surface area (Å²) in [5.74, 6) is -0.281. The van der Waals surface area contributed by atoms with Gasteiger partial charge in [-0.15, -0.1) is 11.3 Å². The molecule has 0 aliphatic heterocycles. The van der Waals surface area contributed by atoms with Gasteiger partial charge < -0.3 is 5.32 Å². The van der Waals surface area contributed by atoms with E-state index in [0.717, 1.165) is 36.1 Å². The molecule has 4 rings (SSSR count). The van der Waals surface area contributed by atoms with E-state index in [0.29, 0.717) is 16.1 Å². The van der Waals surface area contributed by atoms with Gasteiger partial charge in [0.2, 0.25) is 5.91 Å². The van der Waals surface area contributed by atoms with Crippen molar-refractivity contribution in [2.24, 2.45) is 0 Å². The topological polar surface area (TPSA) is 64.0 Å². The van der Waals surface area contributed by atoms with Crippen LogP contribution in [0, 0.1) is 0 Å². The third-order valence-electron chi connectivity index (χ3n) is 4.61. The predicted octanol–water partition coefficient (Wildman–Crippen LogP) is 4.02. The second kappa shape index (κ2) is 7.21. The molecule has 0 saturated carbocycles. The van der Waals surface area contributed by atoms with Crippen molar-refractivity contribution >= 4 is 44.7 Å². The molecule has 1 N–H and O–H groups in total. The summed E-state index contributed by atoms with van der Waals surface area (Å²) in [7, 11) is 0. The zero-order valence-electron chi connectivity index (χ0n) is 14.1. The molecule has 0 fully saturated rings. The number of nitrogens with zero attached hydrogens (tertiary/aromatic N) is 2. The maximum Gasteiger partial charge on any atom is 0.262 e. The highest BCUT2D eigenvalue weighted by molar-refractivity contribution is 7.18. The average molecular weight is 388 g/mol. The van der Waals surface area contributed by atoms with E-state index in [-0.39, 0.29) is 18.0 Å². The Labute approximate surface area is 159 Å². The Morgan fingerprint density at radius 3 is 2.96 bits per heavy atom. The van der Waals surface area contributed by atoms with E-state index in [4.69, 9.17) is 11.6 Å². The monoisotopic (exact) mass is 387 g/mol. The number of anilines is 1. The van der Waals surface area contributed by atoms with Crippen LogP contribution in [0.15, 0.2) is 35.4 Å². The second-order valence-corrected chi connectivity index (χ2v) is 8.00. The number of aryl methyl sites for hydroxylation is 2. The molecule has 0 unspecified atom stereocenters. The number of amides is 1. The number of carbonyl (C=O) groups excluding carboxylic acids is 1. The van der Waals surface area contributed by atoms with Gasteiger partial charge in [-0.1, -0.05) is 24.1 Å². The van der Waals surface area contributed by atoms with Gasteiger partial charge in [0, 0.05) is 15.6 Å². The summed E-state index contributed by atoms with van der Waals surface area (Å²) in [4.78, 5) is 31.8. The number of aromatic nitrogens is 2. The van der Waals surface area contributed by atoms with Crippen molar-refractivity contribution in [3.05, 3.63) is 56.4 Å². The van der Waals surface area contributed by atoms with Crippen LogP contribution in [0.5, 0.6) is 0 Å². The van der Waals surface area contributed by atoms with Crippen molar-refractivity contribution in [3.63, 3.8) is 0 Å². The van der Waals surface area contributed by atoms with Gasteiger partial charge in [-0.3, -0.25) is 14.2 Å². The molecule has 3 aromatic rings. The van der Waals surface area contributed by atoms with Gasteiger partial charge in [-0.2, -0.15) is 0 Å². The summed E-state index contributed by atoms with van der Waals surface area (Å²) in [5.41, 5.74) is 1.62. The maximum atomic E-state index is 12.9. The zero-order valence-corrected chi connectivity index (χ0v) is 15.7. The van der Waals surface area contributed by atoms with Crippen molar-refractivity contribution in [2.45, 2.75) is 38.6 Å². The van der Waals surface area contributed by atoms with Crippen LogP contribution in [-0.2, 0) is 24.2 Å². The number of benzene rings is 1. The Bertz CT molecular complexity index is 1040. The van der Waals surface area contributed by atoms with Crippen LogP contribution in [0.3, 0.4) is 0 Å². The van der Waals surface area contributed by atoms with Crippen molar-refractivity contribution in [1.29, 1.82) is 0 Å². The van der Waals surface area contributed by atoms with Gasteiger partial charge in [0.1, 0.15) is 11.4 Å². The van der Waals surface area contributed by atoms with Gasteiger partial charge >= 0.3 is 0 Å². The van der Waals surface area contributed by atoms with Crippen LogP contribution < -0.4 is 10.9 Å². The van der Waals surface area contributed by atoms with Crippen molar-refractivity contribution in [1.82, 2.24) is 9.55 Å². The summed E-state index contributed by atoms with van der Waals surface area (Å²) in [6.45, 7) is -0.0705. The van der Waals surface area contributed by atoms with Crippen LogP contribution in [0.4, 0.5) is 5.69 Å². The highest BCUT2D eigenvalue weighted by Crippen LogP contribution is 2.32. The summed E-state index contributed by atoms with van der Waals surface area (Å²) in [6.07, 6.45) is 6.87. The molecule has 1 aliphatic rings. The number of hydrogen-bond acceptors (Lipinski definition) is 4. The van der Waals surface area contributed by atoms with Crippen molar-refractivity contribution in [2.75, 3.05) is 5.32 Å². The van der Waals surface area contributed by atoms with E-state index in [1.165, 1.54) is 22.2 Å². The smallest absolute Gasteiger partial charge is 0.262 e. The quantitative estimate of drug-likeness (QED) is 0.690. The molecule has 2 heterocycles. The average Bonchev–Trinajstić information content (AvgIpc) is 2.80. The first kappa shape index (κ1) is 17.2. The first-order valence-electron chi connectivity index (χ1n) is 8.67. The lowest BCUT2D eigenvalue weighted by atomic mass is 10.1. The molecule has 134 valence electrons. The highest BCUT2D eigenvalue weighted by Gasteiger charge is 2.19. The van der Waals surface area contributed by atoms with E-state index >= 15 is 0 Å². The van der Waals surface area contributed by atoms with Gasteiger partial charge in [-0.25, -0.2) is 4.98 Å². The molecule has 0 radical (unpaired) electrons. The second-order valence-electron chi connectivity index (χ2n) is 6.48. The molecule has 5 nitrogen and oxygen atoms in total. The Kier molecular flexibility index (Phi) is 4.78. The summed E-state index contributed by atoms with van der Waals surface area (Å²) in [5, 5.41) is 4.01. The van der Waals surface area contributed by atoms with Gasteiger partial charge in [0.15, 0.2) is 0 Å². The largest absolute Gasteiger partial charge is 0.324 e. The minimum atomic E-state index is -0.281. The zero-order chi connectivity index (χ0) is 18.1. The number of halogens is 1. The number of hydrogen-bond donors (Lipinski definition) is 1. The predicted molar refractivity (Wildman–Crippen MR) is 105 cm³/mol. The first-order chi connectivity index (χ1) is 12.6. The lowest BCUT2D eigenvalue weighted by Gasteiger charge is -2.08. The molecule has 0 bridgehead atoms. The molecule has 0 spiro atoms. The molecular weight excluding hydrogens is 370 g/mol. The lowest BCUT2D eigenvalue weighted by molar-refractivity contribution is -0.116. The van der Waals surface area contributed by atoms with Crippen molar-refractivity contribution < 1.29 is 4.79 Å². The van der Waals surface area contributed by atoms with E-state index in [2.05, 4.69) is 10.3 Å². The SMILES string of the molecule is O=C(Cn1cnc2sc3c(c2c1=O)CCCCC3)Nc1cccc(Cl)c1. The molecule has 2 aromatic heterocycles. The van der Waals surface area contributed by atoms with Gasteiger partial charge in [0.25, 0.3) is 5.56 Å². The van der Waals surface area contributed by atoms with Crippen LogP contribution in [0.2, 0.25) is 5.02 Å². The number of fused-ring (bicyclic) bond motifs is 3. The molecule has 1 amide bonds. The molecule has 1 aromatic carbocycles. The van der Waals surface area contributed by atoms with Crippen LogP contribution in [0.1, 0.15) is 29.7 Å². The number of carbonyl (C=O) groups is 1. The van der Waals surface area contributed by atoms with Crippen LogP contribution in [0.25, 0.3) is 10.2 Å². The van der Waals surface area contributed by atoms with Gasteiger partial charge in [-0.05, 0) is 49.4 Å². The fourth-order valence-electron chi connectivity index (χ4n) is 3.39. The van der Waals surface area contributed by atoms with E-state index < -0.39 is 0 Å².